The molecule has 2 rings (SSSR count). The van der Waals surface area contributed by atoms with Crippen molar-refractivity contribution in [2.75, 3.05) is 11.9 Å². The average molecular weight is 339 g/mol. The predicted molar refractivity (Wildman–Crippen MR) is 86.4 cm³/mol. The van der Waals surface area contributed by atoms with Gasteiger partial charge in [-0.05, 0) is 42.5 Å². The summed E-state index contributed by atoms with van der Waals surface area (Å²) in [4.78, 5) is 11.8. The standard InChI is InChI=1S/C15H12Cl2N2O3/c16-11-1-4-13(5-2-11)19-15(20)9-22-14-6-3-12(17)7-10(14)8-18-21/h1-8,21H,9H2,(H,19,20)/b18-8-. The Bertz CT molecular complexity index is 688. The van der Waals surface area contributed by atoms with Crippen molar-refractivity contribution in [3.8, 4) is 5.75 Å². The van der Waals surface area contributed by atoms with Crippen LogP contribution in [-0.4, -0.2) is 23.9 Å². The molecule has 0 bridgehead atoms. The number of nitrogens with one attached hydrogen (secondary N) is 1. The van der Waals surface area contributed by atoms with E-state index in [1.54, 1.807) is 42.5 Å². The monoisotopic (exact) mass is 338 g/mol. The maximum atomic E-state index is 11.8. The Hall–Kier alpha value is -2.24. The largest absolute Gasteiger partial charge is 0.483 e. The van der Waals surface area contributed by atoms with Gasteiger partial charge in [0.15, 0.2) is 6.61 Å². The Kier molecular flexibility index (Phi) is 5.63. The van der Waals surface area contributed by atoms with Crippen molar-refractivity contribution >= 4 is 41.0 Å². The van der Waals surface area contributed by atoms with Gasteiger partial charge in [0.2, 0.25) is 0 Å². The lowest BCUT2D eigenvalue weighted by atomic mass is 10.2. The van der Waals surface area contributed by atoms with Crippen molar-refractivity contribution in [2.24, 2.45) is 5.16 Å². The second-order valence-electron chi connectivity index (χ2n) is 4.27. The summed E-state index contributed by atoms with van der Waals surface area (Å²) in [5.41, 5.74) is 1.08. The number of benzene rings is 2. The summed E-state index contributed by atoms with van der Waals surface area (Å²) in [5.74, 6) is 0.0533. The number of halogens is 2. The Morgan fingerprint density at radius 2 is 1.86 bits per heavy atom. The van der Waals surface area contributed by atoms with E-state index in [1.165, 1.54) is 6.21 Å². The van der Waals surface area contributed by atoms with Crippen molar-refractivity contribution in [3.63, 3.8) is 0 Å². The van der Waals surface area contributed by atoms with Gasteiger partial charge in [-0.2, -0.15) is 0 Å². The molecule has 0 aliphatic heterocycles. The van der Waals surface area contributed by atoms with Gasteiger partial charge in [0.25, 0.3) is 5.91 Å². The van der Waals surface area contributed by atoms with Crippen LogP contribution in [0.25, 0.3) is 0 Å². The molecular weight excluding hydrogens is 327 g/mol. The van der Waals surface area contributed by atoms with E-state index in [-0.39, 0.29) is 12.5 Å². The molecule has 0 aliphatic rings. The normalized spacial score (nSPS) is 10.6. The molecule has 0 radical (unpaired) electrons. The molecule has 2 N–H and O–H groups in total. The van der Waals surface area contributed by atoms with E-state index in [1.807, 2.05) is 0 Å². The number of oxime groups is 1. The van der Waals surface area contributed by atoms with Crippen LogP contribution >= 0.6 is 23.2 Å². The maximum Gasteiger partial charge on any atom is 0.262 e. The third-order valence-electron chi connectivity index (χ3n) is 2.66. The number of rotatable bonds is 5. The van der Waals surface area contributed by atoms with E-state index in [0.29, 0.717) is 27.0 Å². The number of hydrogen-bond donors (Lipinski definition) is 2. The van der Waals surface area contributed by atoms with Crippen LogP contribution in [0.1, 0.15) is 5.56 Å². The predicted octanol–water partition coefficient (Wildman–Crippen LogP) is 3.82. The highest BCUT2D eigenvalue weighted by molar-refractivity contribution is 6.31. The molecule has 0 heterocycles. The average Bonchev–Trinajstić information content (AvgIpc) is 2.49. The summed E-state index contributed by atoms with van der Waals surface area (Å²) < 4.78 is 5.40. The molecule has 0 atom stereocenters. The van der Waals surface area contributed by atoms with E-state index in [2.05, 4.69) is 10.5 Å². The fraction of sp³-hybridized carbons (Fsp3) is 0.0667. The van der Waals surface area contributed by atoms with E-state index in [0.717, 1.165) is 0 Å². The first kappa shape index (κ1) is 16.1. The van der Waals surface area contributed by atoms with Crippen LogP contribution in [-0.2, 0) is 4.79 Å². The number of carbonyl (C=O) groups excluding carboxylic acids is 1. The van der Waals surface area contributed by atoms with Crippen LogP contribution in [0.15, 0.2) is 47.6 Å². The van der Waals surface area contributed by atoms with E-state index >= 15 is 0 Å². The molecule has 114 valence electrons. The third-order valence-corrected chi connectivity index (χ3v) is 3.14. The minimum absolute atomic E-state index is 0.198. The summed E-state index contributed by atoms with van der Waals surface area (Å²) in [6, 6.07) is 11.5. The van der Waals surface area contributed by atoms with Crippen LogP contribution in [0.4, 0.5) is 5.69 Å². The fourth-order valence-electron chi connectivity index (χ4n) is 1.69. The Balaban J connectivity index is 1.97. The third kappa shape index (κ3) is 4.65. The van der Waals surface area contributed by atoms with Gasteiger partial charge < -0.3 is 15.3 Å². The number of anilines is 1. The second kappa shape index (κ2) is 7.68. The first-order valence-electron chi connectivity index (χ1n) is 6.23. The number of carbonyl (C=O) groups is 1. The topological polar surface area (TPSA) is 70.9 Å². The maximum absolute atomic E-state index is 11.8. The molecule has 2 aromatic carbocycles. The van der Waals surface area contributed by atoms with Crippen molar-refractivity contribution in [1.29, 1.82) is 0 Å². The van der Waals surface area contributed by atoms with Gasteiger partial charge in [-0.15, -0.1) is 0 Å². The lowest BCUT2D eigenvalue weighted by Gasteiger charge is -2.10. The highest BCUT2D eigenvalue weighted by atomic mass is 35.5. The van der Waals surface area contributed by atoms with Gasteiger partial charge in [-0.3, -0.25) is 4.79 Å². The zero-order valence-corrected chi connectivity index (χ0v) is 12.8. The summed E-state index contributed by atoms with van der Waals surface area (Å²) in [5, 5.41) is 15.3. The fourth-order valence-corrected chi connectivity index (χ4v) is 1.99. The molecule has 1 amide bonds. The Morgan fingerprint density at radius 1 is 1.18 bits per heavy atom. The van der Waals surface area contributed by atoms with Crippen LogP contribution in [0, 0.1) is 0 Å². The molecule has 7 heteroatoms. The van der Waals surface area contributed by atoms with Crippen LogP contribution in [0.3, 0.4) is 0 Å². The molecule has 0 aromatic heterocycles. The molecule has 0 unspecified atom stereocenters. The van der Waals surface area contributed by atoms with Crippen LogP contribution in [0.2, 0.25) is 10.0 Å². The quantitative estimate of drug-likeness (QED) is 0.494. The molecule has 22 heavy (non-hydrogen) atoms. The summed E-state index contributed by atoms with van der Waals surface area (Å²) in [6.07, 6.45) is 1.18. The summed E-state index contributed by atoms with van der Waals surface area (Å²) in [6.45, 7) is -0.198. The lowest BCUT2D eigenvalue weighted by Crippen LogP contribution is -2.20. The first-order chi connectivity index (χ1) is 10.6. The molecule has 0 aliphatic carbocycles. The van der Waals surface area contributed by atoms with Gasteiger partial charge in [-0.25, -0.2) is 0 Å². The highest BCUT2D eigenvalue weighted by Crippen LogP contribution is 2.21. The van der Waals surface area contributed by atoms with Gasteiger partial charge >= 0.3 is 0 Å². The molecule has 5 nitrogen and oxygen atoms in total. The zero-order chi connectivity index (χ0) is 15.9. The van der Waals surface area contributed by atoms with E-state index in [4.69, 9.17) is 33.1 Å². The second-order valence-corrected chi connectivity index (χ2v) is 5.14. The van der Waals surface area contributed by atoms with Gasteiger partial charge in [0.1, 0.15) is 5.75 Å². The number of ether oxygens (including phenoxy) is 1. The van der Waals surface area contributed by atoms with Crippen LogP contribution in [0.5, 0.6) is 5.75 Å². The minimum atomic E-state index is -0.329. The highest BCUT2D eigenvalue weighted by Gasteiger charge is 2.07. The van der Waals surface area contributed by atoms with Crippen molar-refractivity contribution < 1.29 is 14.7 Å². The molecular formula is C15H12Cl2N2O3. The van der Waals surface area contributed by atoms with Crippen molar-refractivity contribution in [1.82, 2.24) is 0 Å². The first-order valence-corrected chi connectivity index (χ1v) is 6.99. The molecule has 0 spiro atoms. The Morgan fingerprint density at radius 3 is 2.55 bits per heavy atom. The van der Waals surface area contributed by atoms with Crippen LogP contribution < -0.4 is 10.1 Å². The number of amides is 1. The van der Waals surface area contributed by atoms with Crippen molar-refractivity contribution in [2.45, 2.75) is 0 Å². The molecule has 2 aromatic rings. The lowest BCUT2D eigenvalue weighted by molar-refractivity contribution is -0.118. The van der Waals surface area contributed by atoms with Gasteiger partial charge in [0, 0.05) is 21.3 Å². The summed E-state index contributed by atoms with van der Waals surface area (Å²) >= 11 is 11.6. The zero-order valence-electron chi connectivity index (χ0n) is 11.3. The molecule has 0 saturated carbocycles. The number of hydrogen-bond acceptors (Lipinski definition) is 4. The van der Waals surface area contributed by atoms with Gasteiger partial charge in [0.05, 0.1) is 6.21 Å². The summed E-state index contributed by atoms with van der Waals surface area (Å²) in [7, 11) is 0. The SMILES string of the molecule is O=C(COc1ccc(Cl)cc1/C=N\O)Nc1ccc(Cl)cc1. The number of nitrogens with zero attached hydrogens (tertiary/aromatic N) is 1. The Labute approximate surface area is 137 Å². The smallest absolute Gasteiger partial charge is 0.262 e. The molecule has 0 saturated heterocycles. The van der Waals surface area contributed by atoms with E-state index < -0.39 is 0 Å². The minimum Gasteiger partial charge on any atom is -0.483 e. The van der Waals surface area contributed by atoms with Gasteiger partial charge in [-0.1, -0.05) is 28.4 Å². The van der Waals surface area contributed by atoms with Crippen molar-refractivity contribution in [3.05, 3.63) is 58.1 Å². The molecule has 0 fully saturated rings. The van der Waals surface area contributed by atoms with E-state index in [9.17, 15) is 4.79 Å².